The minimum Gasteiger partial charge on any atom is -0.328 e. The van der Waals surface area contributed by atoms with Crippen molar-refractivity contribution in [2.24, 2.45) is 11.8 Å². The number of halogens is 2. The van der Waals surface area contributed by atoms with Gasteiger partial charge in [-0.05, 0) is 61.1 Å². The Bertz CT molecular complexity index is 447. The normalized spacial score (nSPS) is 27.1. The molecule has 0 nitrogen and oxygen atoms in total. The molecule has 0 saturated heterocycles. The summed E-state index contributed by atoms with van der Waals surface area (Å²) < 4.78 is 26.3. The molecule has 1 aromatic rings. The third-order valence-electron chi connectivity index (χ3n) is 5.34. The average molecular weight is 378 g/mol. The fourth-order valence-corrected chi connectivity index (χ4v) is 4.11. The van der Waals surface area contributed by atoms with Gasteiger partial charge in [0.2, 0.25) is 0 Å². The van der Waals surface area contributed by atoms with E-state index in [0.717, 1.165) is 30.2 Å². The monoisotopic (exact) mass is 379 g/mol. The molecule has 0 amide bonds. The van der Waals surface area contributed by atoms with Crippen molar-refractivity contribution in [2.75, 3.05) is 0 Å². The minimum absolute atomic E-state index is 0. The van der Waals surface area contributed by atoms with E-state index in [-0.39, 0.29) is 19.5 Å². The Hall–Kier alpha value is -0.297. The molecule has 3 heteroatoms. The molecular weight excluding hydrogens is 355 g/mol. The van der Waals surface area contributed by atoms with E-state index in [1.165, 1.54) is 50.7 Å². The van der Waals surface area contributed by atoms with Crippen LogP contribution in [0.15, 0.2) is 18.2 Å². The maximum Gasteiger partial charge on any atom is 1.00 e. The van der Waals surface area contributed by atoms with Crippen molar-refractivity contribution in [3.05, 3.63) is 41.8 Å². The number of rotatable bonds is 2. The van der Waals surface area contributed by atoms with E-state index in [4.69, 9.17) is 0 Å². The van der Waals surface area contributed by atoms with Gasteiger partial charge in [0, 0.05) is 0 Å². The summed E-state index contributed by atoms with van der Waals surface area (Å²) in [5.74, 6) is 0.765. The fourth-order valence-electron chi connectivity index (χ4n) is 4.11. The van der Waals surface area contributed by atoms with Crippen LogP contribution in [-0.4, -0.2) is 0 Å². The molecule has 2 fully saturated rings. The summed E-state index contributed by atoms with van der Waals surface area (Å²) in [5.41, 5.74) is 0.985. The van der Waals surface area contributed by atoms with Gasteiger partial charge in [-0.15, -0.1) is 0 Å². The Morgan fingerprint density at radius 2 is 1.43 bits per heavy atom. The van der Waals surface area contributed by atoms with Crippen molar-refractivity contribution < 1.29 is 28.3 Å². The van der Waals surface area contributed by atoms with Gasteiger partial charge in [0.25, 0.3) is 0 Å². The van der Waals surface area contributed by atoms with Gasteiger partial charge in [-0.25, -0.2) is 8.78 Å². The average Bonchev–Trinajstić information content (AvgIpc) is 2.51. The van der Waals surface area contributed by atoms with Crippen LogP contribution in [0.5, 0.6) is 0 Å². The van der Waals surface area contributed by atoms with E-state index in [1.54, 1.807) is 6.07 Å². The van der Waals surface area contributed by atoms with E-state index in [9.17, 15) is 8.78 Å². The van der Waals surface area contributed by atoms with Crippen LogP contribution in [0.1, 0.15) is 62.8 Å². The molecule has 0 aromatic heterocycles. The van der Waals surface area contributed by atoms with Crippen molar-refractivity contribution in [3.63, 3.8) is 0 Å². The molecule has 21 heavy (non-hydrogen) atoms. The molecule has 0 spiro atoms. The van der Waals surface area contributed by atoms with E-state index < -0.39 is 11.6 Å². The Morgan fingerprint density at radius 3 is 2.05 bits per heavy atom. The molecule has 2 aliphatic rings. The standard InChI is InChI=1S/C18H23F2.Ru/c19-17-11-10-16(12-18(17)20)15-8-6-14(7-9-15)13-4-2-1-3-5-13;/h1,10-15H,2-9H2;/q-1;+1. The van der Waals surface area contributed by atoms with Crippen LogP contribution >= 0.6 is 0 Å². The predicted octanol–water partition coefficient (Wildman–Crippen LogP) is 5.63. The van der Waals surface area contributed by atoms with Crippen molar-refractivity contribution in [3.8, 4) is 0 Å². The maximum absolute atomic E-state index is 13.3. The summed E-state index contributed by atoms with van der Waals surface area (Å²) in [6.07, 6.45) is 12.5. The third-order valence-corrected chi connectivity index (χ3v) is 5.34. The molecule has 0 bridgehead atoms. The smallest absolute Gasteiger partial charge is 0.328 e. The Balaban J connectivity index is 0.00000161. The molecule has 0 heterocycles. The second-order valence-corrected chi connectivity index (χ2v) is 6.49. The van der Waals surface area contributed by atoms with Gasteiger partial charge in [-0.2, -0.15) is 12.8 Å². The van der Waals surface area contributed by atoms with Gasteiger partial charge in [-0.3, -0.25) is 0 Å². The summed E-state index contributed by atoms with van der Waals surface area (Å²) in [6, 6.07) is 4.43. The quantitative estimate of drug-likeness (QED) is 0.462. The topological polar surface area (TPSA) is 0 Å². The first-order valence-corrected chi connectivity index (χ1v) is 8.00. The molecule has 0 unspecified atom stereocenters. The van der Waals surface area contributed by atoms with Crippen LogP contribution in [0.3, 0.4) is 0 Å². The van der Waals surface area contributed by atoms with Gasteiger partial charge in [0.15, 0.2) is 11.6 Å². The van der Waals surface area contributed by atoms with Crippen LogP contribution in [0, 0.1) is 29.9 Å². The Kier molecular flexibility index (Phi) is 6.35. The van der Waals surface area contributed by atoms with Crippen molar-refractivity contribution in [1.82, 2.24) is 0 Å². The van der Waals surface area contributed by atoms with Crippen LogP contribution < -0.4 is 0 Å². The zero-order valence-electron chi connectivity index (χ0n) is 12.3. The van der Waals surface area contributed by atoms with E-state index in [2.05, 4.69) is 6.42 Å². The fraction of sp³-hybridized carbons (Fsp3) is 0.611. The van der Waals surface area contributed by atoms with Crippen LogP contribution in [-0.2, 0) is 19.5 Å². The molecular formula is C18H23F2Ru. The Labute approximate surface area is 139 Å². The van der Waals surface area contributed by atoms with Gasteiger partial charge in [-0.1, -0.05) is 18.9 Å². The first kappa shape index (κ1) is 17.1. The maximum atomic E-state index is 13.3. The Morgan fingerprint density at radius 1 is 0.810 bits per heavy atom. The van der Waals surface area contributed by atoms with Crippen molar-refractivity contribution in [1.29, 1.82) is 0 Å². The van der Waals surface area contributed by atoms with E-state index in [0.29, 0.717) is 5.92 Å². The number of benzene rings is 1. The summed E-state index contributed by atoms with van der Waals surface area (Å²) in [7, 11) is 0. The second-order valence-electron chi connectivity index (χ2n) is 6.49. The van der Waals surface area contributed by atoms with E-state index in [1.807, 2.05) is 0 Å². The van der Waals surface area contributed by atoms with Crippen molar-refractivity contribution >= 4 is 0 Å². The van der Waals surface area contributed by atoms with Crippen molar-refractivity contribution in [2.45, 2.75) is 57.3 Å². The van der Waals surface area contributed by atoms with Crippen LogP contribution in [0.25, 0.3) is 0 Å². The zero-order chi connectivity index (χ0) is 13.9. The summed E-state index contributed by atoms with van der Waals surface area (Å²) in [4.78, 5) is 0. The van der Waals surface area contributed by atoms with E-state index >= 15 is 0 Å². The predicted molar refractivity (Wildman–Crippen MR) is 77.3 cm³/mol. The first-order chi connectivity index (χ1) is 9.74. The van der Waals surface area contributed by atoms with Gasteiger partial charge >= 0.3 is 19.5 Å². The number of hydrogen-bond donors (Lipinski definition) is 0. The summed E-state index contributed by atoms with van der Waals surface area (Å²) in [5, 5.41) is 0. The molecule has 2 aliphatic carbocycles. The molecule has 2 saturated carbocycles. The minimum atomic E-state index is -0.735. The molecule has 1 radical (unpaired) electrons. The largest absolute Gasteiger partial charge is 1.00 e. The molecule has 3 rings (SSSR count). The summed E-state index contributed by atoms with van der Waals surface area (Å²) >= 11 is 0. The number of hydrogen-bond acceptors (Lipinski definition) is 0. The molecule has 0 aliphatic heterocycles. The second kappa shape index (κ2) is 7.81. The molecule has 0 N–H and O–H groups in total. The van der Waals surface area contributed by atoms with Gasteiger partial charge in [0.05, 0.1) is 0 Å². The zero-order valence-corrected chi connectivity index (χ0v) is 14.0. The first-order valence-electron chi connectivity index (χ1n) is 8.00. The van der Waals surface area contributed by atoms with Crippen LogP contribution in [0.4, 0.5) is 8.78 Å². The molecule has 0 atom stereocenters. The van der Waals surface area contributed by atoms with Crippen LogP contribution in [0.2, 0.25) is 0 Å². The van der Waals surface area contributed by atoms with Gasteiger partial charge in [0.1, 0.15) is 0 Å². The molecule has 1 aromatic carbocycles. The molecule has 117 valence electrons. The third kappa shape index (κ3) is 4.12. The summed E-state index contributed by atoms with van der Waals surface area (Å²) in [6.45, 7) is 0. The SMILES string of the molecule is Fc1ccc(C2CCC(C3CC[CH-]CC3)CC2)cc1F.[Ru+]. The van der Waals surface area contributed by atoms with Gasteiger partial charge < -0.3 is 6.42 Å².